The first kappa shape index (κ1) is 11.1. The van der Waals surface area contributed by atoms with E-state index in [-0.39, 0.29) is 17.9 Å². The van der Waals surface area contributed by atoms with Gasteiger partial charge in [0, 0.05) is 32.0 Å². The van der Waals surface area contributed by atoms with Crippen LogP contribution in [0.3, 0.4) is 0 Å². The van der Waals surface area contributed by atoms with E-state index >= 15 is 0 Å². The van der Waals surface area contributed by atoms with Crippen LogP contribution in [0.25, 0.3) is 0 Å². The number of nitrogens with zero attached hydrogens (tertiary/aromatic N) is 3. The summed E-state index contributed by atoms with van der Waals surface area (Å²) in [5.74, 6) is -0.0142. The minimum Gasteiger partial charge on any atom is -0.368 e. The van der Waals surface area contributed by atoms with Gasteiger partial charge in [-0.3, -0.25) is 4.79 Å². The predicted molar refractivity (Wildman–Crippen MR) is 66.9 cm³/mol. The lowest BCUT2D eigenvalue weighted by Crippen LogP contribution is -2.63. The van der Waals surface area contributed by atoms with Crippen LogP contribution < -0.4 is 4.90 Å². The van der Waals surface area contributed by atoms with Crippen molar-refractivity contribution in [2.24, 2.45) is 0 Å². The van der Waals surface area contributed by atoms with Crippen LogP contribution in [0, 0.1) is 11.3 Å². The molecular weight excluding hydrogens is 228 g/mol. The summed E-state index contributed by atoms with van der Waals surface area (Å²) in [6.07, 6.45) is 5.98. The van der Waals surface area contributed by atoms with Gasteiger partial charge >= 0.3 is 0 Å². The van der Waals surface area contributed by atoms with Gasteiger partial charge in [0.1, 0.15) is 6.42 Å². The van der Waals surface area contributed by atoms with Gasteiger partial charge in [-0.1, -0.05) is 0 Å². The molecule has 94 valence electrons. The van der Waals surface area contributed by atoms with Crippen LogP contribution in [0.15, 0.2) is 18.5 Å². The van der Waals surface area contributed by atoms with Crippen LogP contribution in [0.4, 0.5) is 5.69 Å². The van der Waals surface area contributed by atoms with Crippen LogP contribution in [0.5, 0.6) is 0 Å². The highest BCUT2D eigenvalue weighted by Crippen LogP contribution is 2.40. The maximum Gasteiger partial charge on any atom is 0.237 e. The Morgan fingerprint density at radius 3 is 2.94 bits per heavy atom. The molecule has 1 amide bonds. The average Bonchev–Trinajstić information content (AvgIpc) is 2.98. The van der Waals surface area contributed by atoms with Crippen LogP contribution >= 0.6 is 0 Å². The minimum atomic E-state index is -0.0142. The molecule has 0 aliphatic carbocycles. The molecule has 1 unspecified atom stereocenters. The first-order valence-corrected chi connectivity index (χ1v) is 6.30. The van der Waals surface area contributed by atoms with Gasteiger partial charge < -0.3 is 14.8 Å². The Kier molecular flexibility index (Phi) is 2.51. The van der Waals surface area contributed by atoms with Crippen LogP contribution in [0.1, 0.15) is 19.3 Å². The lowest BCUT2D eigenvalue weighted by molar-refractivity contribution is -0.144. The molecule has 0 aromatic carbocycles. The Hall–Kier alpha value is -1.96. The van der Waals surface area contributed by atoms with E-state index in [1.54, 1.807) is 0 Å². The molecule has 2 aliphatic heterocycles. The molecule has 1 aromatic rings. The standard InChI is InChI=1S/C13H16N4O/c14-5-1-12(18)17-8-4-13(17)3-7-16(10-13)11-2-6-15-9-11/h2,6,9,15H,1,3-4,7-8,10H2. The number of rotatable bonds is 2. The van der Waals surface area contributed by atoms with E-state index in [2.05, 4.69) is 16.0 Å². The third-order valence-corrected chi connectivity index (χ3v) is 4.18. The number of aromatic nitrogens is 1. The fraction of sp³-hybridized carbons (Fsp3) is 0.538. The second-order valence-electron chi connectivity index (χ2n) is 5.10. The van der Waals surface area contributed by atoms with Gasteiger partial charge in [0.05, 0.1) is 17.3 Å². The number of nitriles is 1. The lowest BCUT2D eigenvalue weighted by Gasteiger charge is -2.50. The Morgan fingerprint density at radius 2 is 2.33 bits per heavy atom. The number of carbonyl (C=O) groups excluding carboxylic acids is 1. The van der Waals surface area contributed by atoms with Gasteiger partial charge in [-0.25, -0.2) is 0 Å². The van der Waals surface area contributed by atoms with Crippen molar-refractivity contribution in [3.63, 3.8) is 0 Å². The van der Waals surface area contributed by atoms with Crippen LogP contribution in [-0.4, -0.2) is 41.0 Å². The quantitative estimate of drug-likeness (QED) is 0.847. The predicted octanol–water partition coefficient (Wildman–Crippen LogP) is 1.11. The number of hydrogen-bond acceptors (Lipinski definition) is 3. The Bertz CT molecular complexity index is 490. The van der Waals surface area contributed by atoms with Gasteiger partial charge in [-0.2, -0.15) is 5.26 Å². The summed E-state index contributed by atoms with van der Waals surface area (Å²) in [5.41, 5.74) is 1.18. The van der Waals surface area contributed by atoms with Crippen molar-refractivity contribution in [2.45, 2.75) is 24.8 Å². The van der Waals surface area contributed by atoms with Gasteiger partial charge in [0.2, 0.25) is 5.91 Å². The van der Waals surface area contributed by atoms with Crippen molar-refractivity contribution >= 4 is 11.6 Å². The number of aromatic amines is 1. The number of anilines is 1. The van der Waals surface area contributed by atoms with E-state index in [1.807, 2.05) is 23.4 Å². The van der Waals surface area contributed by atoms with Crippen molar-refractivity contribution in [1.82, 2.24) is 9.88 Å². The van der Waals surface area contributed by atoms with Crippen LogP contribution in [0.2, 0.25) is 0 Å². The van der Waals surface area contributed by atoms with Crippen molar-refractivity contribution < 1.29 is 4.79 Å². The van der Waals surface area contributed by atoms with Gasteiger partial charge in [-0.05, 0) is 18.9 Å². The molecule has 0 saturated carbocycles. The summed E-state index contributed by atoms with van der Waals surface area (Å²) < 4.78 is 0. The minimum absolute atomic E-state index is 0.00586. The molecule has 0 bridgehead atoms. The van der Waals surface area contributed by atoms with Crippen molar-refractivity contribution in [1.29, 1.82) is 5.26 Å². The Labute approximate surface area is 106 Å². The second kappa shape index (κ2) is 4.05. The Balaban J connectivity index is 1.71. The first-order valence-electron chi connectivity index (χ1n) is 6.30. The molecule has 2 fully saturated rings. The summed E-state index contributed by atoms with van der Waals surface area (Å²) >= 11 is 0. The zero-order chi connectivity index (χ0) is 12.6. The zero-order valence-electron chi connectivity index (χ0n) is 10.2. The second-order valence-corrected chi connectivity index (χ2v) is 5.10. The summed E-state index contributed by atoms with van der Waals surface area (Å²) in [6, 6.07) is 4.01. The largest absolute Gasteiger partial charge is 0.368 e. The van der Waals surface area contributed by atoms with Gasteiger partial charge in [0.25, 0.3) is 0 Å². The molecule has 0 radical (unpaired) electrons. The number of hydrogen-bond donors (Lipinski definition) is 1. The monoisotopic (exact) mass is 244 g/mol. The maximum atomic E-state index is 11.9. The molecule has 2 aliphatic rings. The molecule has 2 saturated heterocycles. The van der Waals surface area contributed by atoms with E-state index in [4.69, 9.17) is 5.26 Å². The molecule has 18 heavy (non-hydrogen) atoms. The van der Waals surface area contributed by atoms with Crippen molar-refractivity contribution in [3.8, 4) is 6.07 Å². The first-order chi connectivity index (χ1) is 8.75. The van der Waals surface area contributed by atoms with Gasteiger partial charge in [0.15, 0.2) is 0 Å². The molecule has 3 heterocycles. The maximum absolute atomic E-state index is 11.9. The highest BCUT2D eigenvalue weighted by molar-refractivity contribution is 5.80. The topological polar surface area (TPSA) is 63.1 Å². The Morgan fingerprint density at radius 1 is 1.50 bits per heavy atom. The number of amides is 1. The molecule has 1 atom stereocenters. The average molecular weight is 244 g/mol. The number of likely N-dealkylation sites (tertiary alicyclic amines) is 1. The zero-order valence-corrected chi connectivity index (χ0v) is 10.2. The molecule has 1 spiro atoms. The summed E-state index contributed by atoms with van der Waals surface area (Å²) in [6.45, 7) is 2.68. The van der Waals surface area contributed by atoms with E-state index in [1.165, 1.54) is 5.69 Å². The molecule has 5 nitrogen and oxygen atoms in total. The van der Waals surface area contributed by atoms with Crippen LogP contribution in [-0.2, 0) is 4.79 Å². The number of carbonyl (C=O) groups is 1. The van der Waals surface area contributed by atoms with Gasteiger partial charge in [-0.15, -0.1) is 0 Å². The van der Waals surface area contributed by atoms with E-state index in [0.717, 1.165) is 32.5 Å². The smallest absolute Gasteiger partial charge is 0.237 e. The normalized spacial score (nSPS) is 26.2. The molecular formula is C13H16N4O. The van der Waals surface area contributed by atoms with E-state index < -0.39 is 0 Å². The third-order valence-electron chi connectivity index (χ3n) is 4.18. The molecule has 1 aromatic heterocycles. The third kappa shape index (κ3) is 1.57. The van der Waals surface area contributed by atoms with Crippen molar-refractivity contribution in [2.75, 3.05) is 24.5 Å². The number of nitrogens with one attached hydrogen (secondary N) is 1. The fourth-order valence-corrected chi connectivity index (χ4v) is 3.11. The summed E-state index contributed by atoms with van der Waals surface area (Å²) in [7, 11) is 0. The van der Waals surface area contributed by atoms with Crippen molar-refractivity contribution in [3.05, 3.63) is 18.5 Å². The molecule has 3 rings (SSSR count). The van der Waals surface area contributed by atoms with E-state index in [0.29, 0.717) is 0 Å². The highest BCUT2D eigenvalue weighted by atomic mass is 16.2. The summed E-state index contributed by atoms with van der Waals surface area (Å²) in [4.78, 5) is 19.1. The van der Waals surface area contributed by atoms with E-state index in [9.17, 15) is 4.79 Å². The summed E-state index contributed by atoms with van der Waals surface area (Å²) in [5, 5.41) is 8.63. The SMILES string of the molecule is N#CCC(=O)N1CCC12CCN(c1cc[nH]c1)C2. The lowest BCUT2D eigenvalue weighted by atomic mass is 9.83. The fourth-order valence-electron chi connectivity index (χ4n) is 3.11. The molecule has 5 heteroatoms. The highest BCUT2D eigenvalue weighted by Gasteiger charge is 2.51. The number of H-pyrrole nitrogens is 1. The molecule has 1 N–H and O–H groups in total.